The Labute approximate surface area is 173 Å². The van der Waals surface area contributed by atoms with Gasteiger partial charge in [-0.15, -0.1) is 0 Å². The van der Waals surface area contributed by atoms with E-state index in [1.165, 1.54) is 0 Å². The van der Waals surface area contributed by atoms with Gasteiger partial charge in [-0.2, -0.15) is 0 Å². The normalized spacial score (nSPS) is 12.1. The van der Waals surface area contributed by atoms with Crippen LogP contribution >= 0.6 is 11.6 Å². The van der Waals surface area contributed by atoms with Crippen molar-refractivity contribution in [1.82, 2.24) is 14.9 Å². The summed E-state index contributed by atoms with van der Waals surface area (Å²) < 4.78 is 13.2. The zero-order valence-corrected chi connectivity index (χ0v) is 17.0. The summed E-state index contributed by atoms with van der Waals surface area (Å²) in [5, 5.41) is 4.33. The number of amides is 1. The molecule has 148 valence electrons. The van der Waals surface area contributed by atoms with E-state index in [9.17, 15) is 4.79 Å². The summed E-state index contributed by atoms with van der Waals surface area (Å²) in [4.78, 5) is 17.6. The Morgan fingerprint density at radius 1 is 1.24 bits per heavy atom. The number of benzene rings is 2. The number of rotatable bonds is 5. The van der Waals surface area contributed by atoms with Gasteiger partial charge in [-0.1, -0.05) is 41.9 Å². The Bertz CT molecular complexity index is 1200. The van der Waals surface area contributed by atoms with Gasteiger partial charge in [-0.05, 0) is 19.1 Å². The predicted molar refractivity (Wildman–Crippen MR) is 111 cm³/mol. The molecule has 1 N–H and O–H groups in total. The number of aromatic nitrogens is 2. The quantitative estimate of drug-likeness (QED) is 0.520. The Hall–Kier alpha value is -3.25. The van der Waals surface area contributed by atoms with Gasteiger partial charge in [-0.25, -0.2) is 4.98 Å². The lowest BCUT2D eigenvalue weighted by Crippen LogP contribution is -2.31. The first-order chi connectivity index (χ1) is 14.0. The largest absolute Gasteiger partial charge is 0.496 e. The summed E-state index contributed by atoms with van der Waals surface area (Å²) in [6.45, 7) is 1.84. The van der Waals surface area contributed by atoms with Crippen molar-refractivity contribution in [3.63, 3.8) is 0 Å². The van der Waals surface area contributed by atoms with Gasteiger partial charge < -0.3 is 19.0 Å². The highest BCUT2D eigenvalue weighted by Gasteiger charge is 2.27. The van der Waals surface area contributed by atoms with E-state index in [1.807, 2.05) is 61.1 Å². The van der Waals surface area contributed by atoms with Crippen LogP contribution in [0.4, 0.5) is 0 Å². The summed E-state index contributed by atoms with van der Waals surface area (Å²) in [6, 6.07) is 12.5. The fraction of sp³-hybridized carbons (Fsp3) is 0.182. The Morgan fingerprint density at radius 3 is 2.72 bits per heavy atom. The van der Waals surface area contributed by atoms with Gasteiger partial charge in [0.05, 0.1) is 12.1 Å². The van der Waals surface area contributed by atoms with Crippen molar-refractivity contribution in [2.75, 3.05) is 7.11 Å². The molecule has 29 heavy (non-hydrogen) atoms. The van der Waals surface area contributed by atoms with Crippen LogP contribution in [-0.2, 0) is 7.05 Å². The molecule has 2 aromatic heterocycles. The van der Waals surface area contributed by atoms with Crippen molar-refractivity contribution in [1.29, 1.82) is 0 Å². The van der Waals surface area contributed by atoms with Crippen LogP contribution in [0.5, 0.6) is 5.75 Å². The van der Waals surface area contributed by atoms with Gasteiger partial charge in [0.2, 0.25) is 0 Å². The molecule has 0 aliphatic carbocycles. The molecule has 0 radical (unpaired) electrons. The topological polar surface area (TPSA) is 69.3 Å². The molecule has 6 nitrogen and oxygen atoms in total. The number of nitrogens with one attached hydrogen (secondary N) is 1. The number of carbonyl (C=O) groups is 1. The lowest BCUT2D eigenvalue weighted by Gasteiger charge is -2.21. The summed E-state index contributed by atoms with van der Waals surface area (Å²) in [5.74, 6) is 1.20. The maximum atomic E-state index is 13.2. The highest BCUT2D eigenvalue weighted by atomic mass is 35.5. The van der Waals surface area contributed by atoms with Gasteiger partial charge in [0.1, 0.15) is 17.6 Å². The van der Waals surface area contributed by atoms with E-state index in [-0.39, 0.29) is 11.7 Å². The van der Waals surface area contributed by atoms with E-state index in [4.69, 9.17) is 20.8 Å². The average molecular weight is 410 g/mol. The Balaban J connectivity index is 1.78. The van der Waals surface area contributed by atoms with Crippen LogP contribution in [0, 0.1) is 6.92 Å². The molecule has 4 rings (SSSR count). The number of nitrogens with zero attached hydrogens (tertiary/aromatic N) is 2. The van der Waals surface area contributed by atoms with Gasteiger partial charge in [0, 0.05) is 36.0 Å². The number of fused-ring (bicyclic) bond motifs is 1. The van der Waals surface area contributed by atoms with Crippen molar-refractivity contribution >= 4 is 28.5 Å². The van der Waals surface area contributed by atoms with Crippen LogP contribution in [0.15, 0.2) is 59.3 Å². The number of imidazole rings is 1. The summed E-state index contributed by atoms with van der Waals surface area (Å²) in [7, 11) is 3.48. The maximum absolute atomic E-state index is 13.2. The lowest BCUT2D eigenvalue weighted by atomic mass is 10.0. The highest BCUT2D eigenvalue weighted by molar-refractivity contribution is 6.35. The van der Waals surface area contributed by atoms with E-state index in [2.05, 4.69) is 10.3 Å². The molecule has 0 spiro atoms. The number of carbonyl (C=O) groups excluding carboxylic acids is 1. The van der Waals surface area contributed by atoms with Crippen molar-refractivity contribution < 1.29 is 13.9 Å². The van der Waals surface area contributed by atoms with Crippen molar-refractivity contribution in [3.05, 3.63) is 82.6 Å². The monoisotopic (exact) mass is 409 g/mol. The molecule has 1 unspecified atom stereocenters. The molecular weight excluding hydrogens is 390 g/mol. The number of furan rings is 1. The Morgan fingerprint density at radius 2 is 2.03 bits per heavy atom. The fourth-order valence-electron chi connectivity index (χ4n) is 3.46. The van der Waals surface area contributed by atoms with E-state index >= 15 is 0 Å². The first kappa shape index (κ1) is 19.1. The fourth-order valence-corrected chi connectivity index (χ4v) is 3.68. The van der Waals surface area contributed by atoms with Crippen molar-refractivity contribution in [2.24, 2.45) is 7.05 Å². The van der Waals surface area contributed by atoms with Crippen LogP contribution in [0.1, 0.15) is 33.5 Å². The highest BCUT2D eigenvalue weighted by Crippen LogP contribution is 2.33. The minimum atomic E-state index is -0.526. The summed E-state index contributed by atoms with van der Waals surface area (Å²) >= 11 is 6.23. The second kappa shape index (κ2) is 7.64. The van der Waals surface area contributed by atoms with E-state index in [1.54, 1.807) is 19.4 Å². The molecular formula is C22H20ClN3O3. The van der Waals surface area contributed by atoms with Crippen molar-refractivity contribution in [2.45, 2.75) is 13.0 Å². The first-order valence-electron chi connectivity index (χ1n) is 9.10. The number of halogens is 1. The number of ether oxygens (including phenoxy) is 1. The molecule has 0 saturated carbocycles. The zero-order chi connectivity index (χ0) is 20.5. The number of methoxy groups -OCH3 is 1. The molecule has 4 aromatic rings. The maximum Gasteiger partial charge on any atom is 0.288 e. The number of hydrogen-bond acceptors (Lipinski definition) is 4. The SMILES string of the molecule is COc1ccccc1C(NC(=O)c1oc2c(Cl)cccc2c1C)c1nccn1C. The number of para-hydroxylation sites is 2. The molecule has 0 bridgehead atoms. The molecule has 1 amide bonds. The van der Waals surface area contributed by atoms with Gasteiger partial charge >= 0.3 is 0 Å². The van der Waals surface area contributed by atoms with Gasteiger partial charge in [0.15, 0.2) is 11.3 Å². The summed E-state index contributed by atoms with van der Waals surface area (Å²) in [5.41, 5.74) is 2.03. The average Bonchev–Trinajstić information content (AvgIpc) is 3.30. The summed E-state index contributed by atoms with van der Waals surface area (Å²) in [6.07, 6.45) is 3.52. The number of hydrogen-bond donors (Lipinski definition) is 1. The predicted octanol–water partition coefficient (Wildman–Crippen LogP) is 4.66. The minimum absolute atomic E-state index is 0.224. The van der Waals surface area contributed by atoms with Crippen LogP contribution in [0.2, 0.25) is 5.02 Å². The number of aryl methyl sites for hydroxylation is 2. The molecule has 0 aliphatic rings. The van der Waals surface area contributed by atoms with Crippen LogP contribution in [-0.4, -0.2) is 22.6 Å². The van der Waals surface area contributed by atoms with Crippen molar-refractivity contribution in [3.8, 4) is 5.75 Å². The van der Waals surface area contributed by atoms with Crippen LogP contribution in [0.25, 0.3) is 11.0 Å². The minimum Gasteiger partial charge on any atom is -0.496 e. The zero-order valence-electron chi connectivity index (χ0n) is 16.3. The second-order valence-electron chi connectivity index (χ2n) is 6.72. The third kappa shape index (κ3) is 3.36. The molecule has 0 aliphatic heterocycles. The van der Waals surface area contributed by atoms with E-state index in [0.717, 1.165) is 16.5 Å². The third-order valence-corrected chi connectivity index (χ3v) is 5.26. The lowest BCUT2D eigenvalue weighted by molar-refractivity contribution is 0.0914. The molecule has 0 fully saturated rings. The molecule has 7 heteroatoms. The van der Waals surface area contributed by atoms with Crippen LogP contribution in [0.3, 0.4) is 0 Å². The standard InChI is InChI=1S/C22H20ClN3O3/c1-13-14-8-6-9-16(23)20(14)29-19(13)22(27)25-18(21-24-11-12-26(21)2)15-7-4-5-10-17(15)28-3/h4-12,18H,1-3H3,(H,25,27). The second-order valence-corrected chi connectivity index (χ2v) is 7.12. The van der Waals surface area contributed by atoms with E-state index in [0.29, 0.717) is 22.2 Å². The smallest absolute Gasteiger partial charge is 0.288 e. The molecule has 1 atom stereocenters. The molecule has 2 aromatic carbocycles. The first-order valence-corrected chi connectivity index (χ1v) is 9.47. The van der Waals surface area contributed by atoms with E-state index < -0.39 is 6.04 Å². The Kier molecular flexibility index (Phi) is 5.03. The third-order valence-electron chi connectivity index (χ3n) is 4.96. The van der Waals surface area contributed by atoms with Gasteiger partial charge in [-0.3, -0.25) is 4.79 Å². The van der Waals surface area contributed by atoms with Crippen LogP contribution < -0.4 is 10.1 Å². The molecule has 0 saturated heterocycles. The molecule has 2 heterocycles. The van der Waals surface area contributed by atoms with Gasteiger partial charge in [0.25, 0.3) is 5.91 Å².